The molecule has 0 saturated heterocycles. The summed E-state index contributed by atoms with van der Waals surface area (Å²) < 4.78 is 10.8. The molecular formula is C18H14N2O5. The van der Waals surface area contributed by atoms with Crippen molar-refractivity contribution in [2.24, 2.45) is 4.99 Å². The summed E-state index contributed by atoms with van der Waals surface area (Å²) in [5.74, 6) is 0.443. The predicted octanol–water partition coefficient (Wildman–Crippen LogP) is 3.78. The number of hydrogen-bond acceptors (Lipinski definition) is 6. The van der Waals surface area contributed by atoms with Crippen LogP contribution in [0.5, 0.6) is 5.75 Å². The molecule has 0 aliphatic carbocycles. The normalized spacial score (nSPS) is 11.5. The molecule has 0 aliphatic heterocycles. The molecule has 0 N–H and O–H groups in total. The Morgan fingerprint density at radius 2 is 1.88 bits per heavy atom. The van der Waals surface area contributed by atoms with Crippen LogP contribution in [0, 0.1) is 10.1 Å². The Morgan fingerprint density at radius 1 is 1.16 bits per heavy atom. The van der Waals surface area contributed by atoms with Gasteiger partial charge in [-0.15, -0.1) is 0 Å². The van der Waals surface area contributed by atoms with Crippen molar-refractivity contribution >= 4 is 28.1 Å². The van der Waals surface area contributed by atoms with Crippen molar-refractivity contribution in [3.63, 3.8) is 0 Å². The zero-order valence-corrected chi connectivity index (χ0v) is 13.6. The highest BCUT2D eigenvalue weighted by atomic mass is 16.6. The van der Waals surface area contributed by atoms with Crippen LogP contribution in [0.4, 0.5) is 11.4 Å². The molecule has 1 aromatic heterocycles. The third-order valence-electron chi connectivity index (χ3n) is 3.62. The zero-order chi connectivity index (χ0) is 18.0. The number of ether oxygens (including phenoxy) is 1. The summed E-state index contributed by atoms with van der Waals surface area (Å²) in [5.41, 5.74) is 1.33. The highest BCUT2D eigenvalue weighted by molar-refractivity contribution is 5.96. The predicted molar refractivity (Wildman–Crippen MR) is 91.1 cm³/mol. The largest absolute Gasteiger partial charge is 0.497 e. The van der Waals surface area contributed by atoms with Gasteiger partial charge in [0.1, 0.15) is 11.3 Å². The van der Waals surface area contributed by atoms with Crippen molar-refractivity contribution < 1.29 is 18.9 Å². The summed E-state index contributed by atoms with van der Waals surface area (Å²) in [4.78, 5) is 26.7. The molecule has 2 aromatic carbocycles. The summed E-state index contributed by atoms with van der Waals surface area (Å²) in [6, 6.07) is 12.7. The standard InChI is InChI=1S/C18H14N2O5/c1-11(21)16-10-12-9-14(20(22)23)5-8-17(12)25-18(16)19-13-3-6-15(24-2)7-4-13/h3-10H,1-2H3. The van der Waals surface area contributed by atoms with E-state index in [2.05, 4.69) is 4.99 Å². The van der Waals surface area contributed by atoms with Crippen molar-refractivity contribution in [1.82, 2.24) is 0 Å². The first-order valence-electron chi connectivity index (χ1n) is 7.40. The first-order valence-corrected chi connectivity index (χ1v) is 7.40. The molecule has 7 nitrogen and oxygen atoms in total. The molecule has 0 bridgehead atoms. The number of Topliss-reactive ketones (excluding diaryl/α,β-unsaturated/α-hetero) is 1. The quantitative estimate of drug-likeness (QED) is 0.410. The van der Waals surface area contributed by atoms with Gasteiger partial charge in [-0.3, -0.25) is 14.9 Å². The molecule has 126 valence electrons. The fraction of sp³-hybridized carbons (Fsp3) is 0.111. The Labute approximate surface area is 142 Å². The molecule has 3 aromatic rings. The van der Waals surface area contributed by atoms with E-state index in [1.807, 2.05) is 0 Å². The second-order valence-corrected chi connectivity index (χ2v) is 5.31. The summed E-state index contributed by atoms with van der Waals surface area (Å²) >= 11 is 0. The molecule has 0 aliphatic rings. The van der Waals surface area contributed by atoms with Crippen LogP contribution >= 0.6 is 0 Å². The summed E-state index contributed by atoms with van der Waals surface area (Å²) in [5, 5.41) is 11.4. The number of nitro benzene ring substituents is 1. The van der Waals surface area contributed by atoms with E-state index in [0.29, 0.717) is 22.4 Å². The van der Waals surface area contributed by atoms with Crippen LogP contribution in [0.3, 0.4) is 0 Å². The third kappa shape index (κ3) is 3.40. The molecule has 7 heteroatoms. The van der Waals surface area contributed by atoms with Gasteiger partial charge >= 0.3 is 0 Å². The second-order valence-electron chi connectivity index (χ2n) is 5.31. The fourth-order valence-electron chi connectivity index (χ4n) is 2.34. The Kier molecular flexibility index (Phi) is 4.30. The van der Waals surface area contributed by atoms with Gasteiger partial charge in [-0.2, -0.15) is 0 Å². The number of carbonyl (C=O) groups is 1. The minimum absolute atomic E-state index is 0.0722. The van der Waals surface area contributed by atoms with Gasteiger partial charge in [0.2, 0.25) is 5.55 Å². The van der Waals surface area contributed by atoms with Crippen LogP contribution in [-0.4, -0.2) is 17.8 Å². The number of rotatable bonds is 4. The molecule has 1 heterocycles. The van der Waals surface area contributed by atoms with E-state index >= 15 is 0 Å². The van der Waals surface area contributed by atoms with E-state index in [1.165, 1.54) is 25.1 Å². The molecule has 0 radical (unpaired) electrons. The molecule has 0 fully saturated rings. The lowest BCUT2D eigenvalue weighted by molar-refractivity contribution is -0.384. The lowest BCUT2D eigenvalue weighted by Crippen LogP contribution is -2.13. The summed E-state index contributed by atoms with van der Waals surface area (Å²) in [6.07, 6.45) is 0. The molecule has 3 rings (SSSR count). The van der Waals surface area contributed by atoms with Crippen molar-refractivity contribution in [2.75, 3.05) is 7.11 Å². The minimum Gasteiger partial charge on any atom is -0.497 e. The average molecular weight is 338 g/mol. The number of nitro groups is 1. The fourth-order valence-corrected chi connectivity index (χ4v) is 2.34. The number of ketones is 1. The highest BCUT2D eigenvalue weighted by Gasteiger charge is 2.12. The summed E-state index contributed by atoms with van der Waals surface area (Å²) in [6.45, 7) is 1.39. The maximum Gasteiger partial charge on any atom is 0.270 e. The van der Waals surface area contributed by atoms with E-state index in [9.17, 15) is 14.9 Å². The van der Waals surface area contributed by atoms with Gasteiger partial charge in [-0.25, -0.2) is 4.99 Å². The Morgan fingerprint density at radius 3 is 2.48 bits per heavy atom. The highest BCUT2D eigenvalue weighted by Crippen LogP contribution is 2.22. The zero-order valence-electron chi connectivity index (χ0n) is 13.6. The van der Waals surface area contributed by atoms with E-state index in [1.54, 1.807) is 37.4 Å². The maximum absolute atomic E-state index is 11.9. The second kappa shape index (κ2) is 6.56. The van der Waals surface area contributed by atoms with Crippen LogP contribution < -0.4 is 10.3 Å². The monoisotopic (exact) mass is 338 g/mol. The molecule has 0 spiro atoms. The molecule has 0 saturated carbocycles. The van der Waals surface area contributed by atoms with Crippen molar-refractivity contribution in [3.05, 3.63) is 69.8 Å². The topological polar surface area (TPSA) is 94.9 Å². The van der Waals surface area contributed by atoms with Gasteiger partial charge in [0.05, 0.1) is 23.3 Å². The Hall–Kier alpha value is -3.48. The van der Waals surface area contributed by atoms with Gasteiger partial charge < -0.3 is 9.15 Å². The SMILES string of the molecule is COc1ccc(N=c2oc3ccc([N+](=O)[O-])cc3cc2C(C)=O)cc1. The first kappa shape index (κ1) is 16.4. The van der Waals surface area contributed by atoms with Gasteiger partial charge in [-0.1, -0.05) is 0 Å². The average Bonchev–Trinajstić information content (AvgIpc) is 2.61. The first-order chi connectivity index (χ1) is 12.0. The number of methoxy groups -OCH3 is 1. The third-order valence-corrected chi connectivity index (χ3v) is 3.62. The van der Waals surface area contributed by atoms with Crippen LogP contribution in [0.25, 0.3) is 11.0 Å². The molecule has 0 amide bonds. The number of fused-ring (bicyclic) bond motifs is 1. The smallest absolute Gasteiger partial charge is 0.270 e. The van der Waals surface area contributed by atoms with Gasteiger partial charge in [0.25, 0.3) is 5.69 Å². The summed E-state index contributed by atoms with van der Waals surface area (Å²) in [7, 11) is 1.57. The molecule has 25 heavy (non-hydrogen) atoms. The van der Waals surface area contributed by atoms with Crippen molar-refractivity contribution in [2.45, 2.75) is 6.92 Å². The van der Waals surface area contributed by atoms with E-state index < -0.39 is 4.92 Å². The maximum atomic E-state index is 11.9. The van der Waals surface area contributed by atoms with Crippen LogP contribution in [0.2, 0.25) is 0 Å². The lowest BCUT2D eigenvalue weighted by atomic mass is 10.1. The van der Waals surface area contributed by atoms with Crippen molar-refractivity contribution in [3.8, 4) is 5.75 Å². The molecule has 0 atom stereocenters. The van der Waals surface area contributed by atoms with Gasteiger partial charge in [-0.05, 0) is 43.3 Å². The minimum atomic E-state index is -0.497. The van der Waals surface area contributed by atoms with Gasteiger partial charge in [0, 0.05) is 17.5 Å². The molecule has 0 unspecified atom stereocenters. The Balaban J connectivity index is 2.20. The number of hydrogen-bond donors (Lipinski definition) is 0. The van der Waals surface area contributed by atoms with Crippen molar-refractivity contribution in [1.29, 1.82) is 0 Å². The lowest BCUT2D eigenvalue weighted by Gasteiger charge is -2.03. The number of non-ortho nitro benzene ring substituents is 1. The number of benzene rings is 2. The van der Waals surface area contributed by atoms with Crippen LogP contribution in [-0.2, 0) is 0 Å². The van der Waals surface area contributed by atoms with E-state index in [0.717, 1.165) is 0 Å². The van der Waals surface area contributed by atoms with Crippen LogP contribution in [0.15, 0.2) is 57.9 Å². The van der Waals surface area contributed by atoms with Gasteiger partial charge in [0.15, 0.2) is 5.78 Å². The number of nitrogens with zero attached hydrogens (tertiary/aromatic N) is 2. The van der Waals surface area contributed by atoms with E-state index in [4.69, 9.17) is 9.15 Å². The molecular weight excluding hydrogens is 324 g/mol. The Bertz CT molecular complexity index is 1040. The number of carbonyl (C=O) groups excluding carboxylic acids is 1. The van der Waals surface area contributed by atoms with E-state index in [-0.39, 0.29) is 22.6 Å². The van der Waals surface area contributed by atoms with Crippen LogP contribution in [0.1, 0.15) is 17.3 Å².